The van der Waals surface area contributed by atoms with E-state index in [1.807, 2.05) is 0 Å². The van der Waals surface area contributed by atoms with Gasteiger partial charge in [-0.1, -0.05) is 13.3 Å². The number of unbranched alkanes of at least 4 members (excludes halogenated alkanes) is 1. The van der Waals surface area contributed by atoms with Gasteiger partial charge in [0.2, 0.25) is 0 Å². The molecule has 0 aliphatic heterocycles. The van der Waals surface area contributed by atoms with Crippen molar-refractivity contribution in [3.63, 3.8) is 0 Å². The molecule has 0 rings (SSSR count). The minimum atomic E-state index is -5.28. The average molecular weight is 220 g/mol. The fourth-order valence-electron chi connectivity index (χ4n) is 0.801. The van der Waals surface area contributed by atoms with Crippen LogP contribution < -0.4 is 0 Å². The van der Waals surface area contributed by atoms with Crippen LogP contribution in [0.3, 0.4) is 0 Å². The molecule has 0 amide bonds. The van der Waals surface area contributed by atoms with Gasteiger partial charge in [-0.15, -0.1) is 0 Å². The molecule has 0 aromatic heterocycles. The highest BCUT2D eigenvalue weighted by atomic mass is 19.3. The Morgan fingerprint density at radius 2 is 1.43 bits per heavy atom. The molecule has 7 heteroatoms. The van der Waals surface area contributed by atoms with Crippen molar-refractivity contribution >= 4 is 0 Å². The monoisotopic (exact) mass is 220 g/mol. The van der Waals surface area contributed by atoms with E-state index in [9.17, 15) is 17.6 Å². The molecule has 0 aromatic rings. The van der Waals surface area contributed by atoms with Gasteiger partial charge in [0.1, 0.15) is 0 Å². The van der Waals surface area contributed by atoms with Crippen LogP contribution in [0.5, 0.6) is 0 Å². The van der Waals surface area contributed by atoms with E-state index in [4.69, 9.17) is 15.3 Å². The third-order valence-electron chi connectivity index (χ3n) is 1.72. The van der Waals surface area contributed by atoms with E-state index in [1.54, 1.807) is 0 Å². The lowest BCUT2D eigenvalue weighted by Crippen LogP contribution is -2.58. The predicted molar refractivity (Wildman–Crippen MR) is 38.8 cm³/mol. The minimum absolute atomic E-state index is 0.210. The van der Waals surface area contributed by atoms with Gasteiger partial charge in [-0.2, -0.15) is 17.6 Å². The summed E-state index contributed by atoms with van der Waals surface area (Å²) in [5, 5.41) is 24.2. The summed E-state index contributed by atoms with van der Waals surface area (Å²) < 4.78 is 50.4. The molecule has 3 nitrogen and oxygen atoms in total. The lowest BCUT2D eigenvalue weighted by molar-refractivity contribution is -0.445. The average Bonchev–Trinajstić information content (AvgIpc) is 1.98. The zero-order valence-electron chi connectivity index (χ0n) is 7.47. The quantitative estimate of drug-likeness (QED) is 0.480. The number of aliphatic hydroxyl groups is 3. The zero-order chi connectivity index (χ0) is 11.6. The van der Waals surface area contributed by atoms with Crippen molar-refractivity contribution in [3.8, 4) is 0 Å². The summed E-state index contributed by atoms with van der Waals surface area (Å²) in [7, 11) is 0. The Labute approximate surface area is 78.0 Å². The fraction of sp³-hybridized carbons (Fsp3) is 1.00. The summed E-state index contributed by atoms with van der Waals surface area (Å²) in [5.74, 6) is -14.6. The Morgan fingerprint density at radius 1 is 1.00 bits per heavy atom. The maximum Gasteiger partial charge on any atom is 0.388 e. The van der Waals surface area contributed by atoms with E-state index in [0.717, 1.165) is 0 Å². The van der Waals surface area contributed by atoms with E-state index in [1.165, 1.54) is 6.92 Å². The first-order valence-corrected chi connectivity index (χ1v) is 3.99. The maximum absolute atomic E-state index is 12.7. The first-order chi connectivity index (χ1) is 6.06. The van der Waals surface area contributed by atoms with Gasteiger partial charge in [0.25, 0.3) is 0 Å². The molecule has 0 saturated carbocycles. The summed E-state index contributed by atoms with van der Waals surface area (Å²) in [6.07, 6.45) is -1.18. The second-order valence-corrected chi connectivity index (χ2v) is 3.02. The molecule has 14 heavy (non-hydrogen) atoms. The van der Waals surface area contributed by atoms with Gasteiger partial charge in [-0.05, 0) is 6.42 Å². The molecule has 0 radical (unpaired) electrons. The first kappa shape index (κ1) is 13.6. The van der Waals surface area contributed by atoms with Crippen molar-refractivity contribution in [3.05, 3.63) is 0 Å². The van der Waals surface area contributed by atoms with Crippen LogP contribution >= 0.6 is 0 Å². The molecule has 0 aliphatic rings. The summed E-state index contributed by atoms with van der Waals surface area (Å²) >= 11 is 0. The number of hydrogen-bond donors (Lipinski definition) is 3. The smallest absolute Gasteiger partial charge is 0.339 e. The van der Waals surface area contributed by atoms with Gasteiger partial charge in [0.15, 0.2) is 0 Å². The van der Waals surface area contributed by atoms with Crippen molar-refractivity contribution in [2.24, 2.45) is 0 Å². The molecule has 0 heterocycles. The molecule has 0 aromatic carbocycles. The highest BCUT2D eigenvalue weighted by Gasteiger charge is 2.68. The van der Waals surface area contributed by atoms with E-state index in [0.29, 0.717) is 0 Å². The van der Waals surface area contributed by atoms with Crippen LogP contribution in [0, 0.1) is 0 Å². The van der Waals surface area contributed by atoms with Gasteiger partial charge in [0.05, 0.1) is 0 Å². The molecule has 0 unspecified atom stereocenters. The molecule has 0 atom stereocenters. The van der Waals surface area contributed by atoms with Gasteiger partial charge in [-0.3, -0.25) is 0 Å². The third-order valence-corrected chi connectivity index (χ3v) is 1.72. The van der Waals surface area contributed by atoms with Crippen molar-refractivity contribution in [1.82, 2.24) is 0 Å². The molecular weight excluding hydrogens is 208 g/mol. The second kappa shape index (κ2) is 4.00. The van der Waals surface area contributed by atoms with Crippen LogP contribution in [0.4, 0.5) is 17.6 Å². The number of hydrogen-bond acceptors (Lipinski definition) is 3. The highest BCUT2D eigenvalue weighted by molar-refractivity contribution is 4.89. The van der Waals surface area contributed by atoms with Gasteiger partial charge in [0, 0.05) is 6.42 Å². The van der Waals surface area contributed by atoms with E-state index < -0.39 is 24.2 Å². The molecular formula is C7H12F4O3. The van der Waals surface area contributed by atoms with Crippen LogP contribution in [0.2, 0.25) is 0 Å². The van der Waals surface area contributed by atoms with Crippen molar-refractivity contribution in [2.45, 2.75) is 44.0 Å². The second-order valence-electron chi connectivity index (χ2n) is 3.02. The summed E-state index contributed by atoms with van der Waals surface area (Å²) in [4.78, 5) is 0. The Bertz CT molecular complexity index is 188. The third kappa shape index (κ3) is 2.55. The highest BCUT2D eigenvalue weighted by Crippen LogP contribution is 2.43. The minimum Gasteiger partial charge on any atom is -0.339 e. The van der Waals surface area contributed by atoms with Crippen LogP contribution in [-0.2, 0) is 0 Å². The Morgan fingerprint density at radius 3 is 1.71 bits per heavy atom. The lowest BCUT2D eigenvalue weighted by atomic mass is 10.0. The summed E-state index contributed by atoms with van der Waals surface area (Å²) in [5.41, 5.74) is 0. The fourth-order valence-corrected chi connectivity index (χ4v) is 0.801. The summed E-state index contributed by atoms with van der Waals surface area (Å²) in [6, 6.07) is 0. The van der Waals surface area contributed by atoms with Crippen LogP contribution in [0.25, 0.3) is 0 Å². The van der Waals surface area contributed by atoms with Crippen LogP contribution in [-0.4, -0.2) is 33.1 Å². The van der Waals surface area contributed by atoms with Crippen LogP contribution in [0.1, 0.15) is 26.2 Å². The normalized spacial score (nSPS) is 14.6. The van der Waals surface area contributed by atoms with E-state index in [2.05, 4.69) is 0 Å². The first-order valence-electron chi connectivity index (χ1n) is 3.99. The van der Waals surface area contributed by atoms with Gasteiger partial charge >= 0.3 is 17.8 Å². The van der Waals surface area contributed by atoms with Gasteiger partial charge in [-0.25, -0.2) is 0 Å². The number of alkyl halides is 4. The van der Waals surface area contributed by atoms with E-state index >= 15 is 0 Å². The van der Waals surface area contributed by atoms with Crippen molar-refractivity contribution < 1.29 is 32.9 Å². The van der Waals surface area contributed by atoms with Gasteiger partial charge < -0.3 is 15.3 Å². The maximum atomic E-state index is 12.7. The molecule has 0 aliphatic carbocycles. The summed E-state index contributed by atoms with van der Waals surface area (Å²) in [6.45, 7) is 1.51. The predicted octanol–water partition coefficient (Wildman–Crippen LogP) is 1.08. The Balaban J connectivity index is 4.69. The molecule has 0 saturated heterocycles. The standard InChI is InChI=1S/C7H12F4O3/c1-2-3-4-5(8,9)6(10,11)7(12,13)14/h12-14H,2-4H2,1H3. The molecule has 0 bridgehead atoms. The molecule has 86 valence electrons. The van der Waals surface area contributed by atoms with Crippen LogP contribution in [0.15, 0.2) is 0 Å². The Kier molecular flexibility index (Phi) is 3.88. The molecule has 3 N–H and O–H groups in total. The van der Waals surface area contributed by atoms with Crippen molar-refractivity contribution in [1.29, 1.82) is 0 Å². The molecule has 0 fully saturated rings. The molecule has 0 spiro atoms. The number of rotatable bonds is 5. The zero-order valence-corrected chi connectivity index (χ0v) is 7.47. The lowest BCUT2D eigenvalue weighted by Gasteiger charge is -2.31. The Hall–Kier alpha value is -0.400. The topological polar surface area (TPSA) is 60.7 Å². The largest absolute Gasteiger partial charge is 0.388 e. The van der Waals surface area contributed by atoms with Crippen molar-refractivity contribution in [2.75, 3.05) is 0 Å². The SMILES string of the molecule is CCCCC(F)(F)C(F)(F)C(O)(O)O. The number of halogens is 4. The van der Waals surface area contributed by atoms with E-state index in [-0.39, 0.29) is 12.8 Å².